The molecule has 0 radical (unpaired) electrons. The first kappa shape index (κ1) is 12.4. The summed E-state index contributed by atoms with van der Waals surface area (Å²) in [6, 6.07) is 0.845. The molecule has 0 aromatic rings. The van der Waals surface area contributed by atoms with Crippen LogP contribution in [0.3, 0.4) is 0 Å². The van der Waals surface area contributed by atoms with E-state index in [2.05, 4.69) is 24.1 Å². The van der Waals surface area contributed by atoms with Gasteiger partial charge in [-0.2, -0.15) is 0 Å². The fraction of sp³-hybridized carbons (Fsp3) is 1.00. The standard InChI is InChI=1S/C14H28N2/c1-3-7-16(14-9-15-10-14)11-13-6-4-5-12(2)8-13/h12-15H,3-11H2,1-2H3. The molecule has 2 rings (SSSR count). The van der Waals surface area contributed by atoms with Crippen LogP contribution in [0.1, 0.15) is 46.0 Å². The highest BCUT2D eigenvalue weighted by Gasteiger charge is 2.27. The summed E-state index contributed by atoms with van der Waals surface area (Å²) in [7, 11) is 0. The normalized spacial score (nSPS) is 31.7. The molecule has 2 aliphatic rings. The molecule has 1 saturated carbocycles. The first-order chi connectivity index (χ1) is 7.79. The van der Waals surface area contributed by atoms with Gasteiger partial charge in [0.05, 0.1) is 0 Å². The Kier molecular flexibility index (Phi) is 4.66. The highest BCUT2D eigenvalue weighted by molar-refractivity contribution is 4.86. The van der Waals surface area contributed by atoms with Crippen molar-refractivity contribution in [1.82, 2.24) is 10.2 Å². The van der Waals surface area contributed by atoms with Crippen molar-refractivity contribution in [3.8, 4) is 0 Å². The van der Waals surface area contributed by atoms with Crippen LogP contribution in [0.25, 0.3) is 0 Å². The van der Waals surface area contributed by atoms with Crippen molar-refractivity contribution in [2.75, 3.05) is 26.2 Å². The van der Waals surface area contributed by atoms with E-state index >= 15 is 0 Å². The SMILES string of the molecule is CCCN(CC1CCCC(C)C1)C1CNC1. The van der Waals surface area contributed by atoms with Crippen molar-refractivity contribution in [2.24, 2.45) is 11.8 Å². The molecule has 0 bridgehead atoms. The van der Waals surface area contributed by atoms with E-state index in [-0.39, 0.29) is 0 Å². The van der Waals surface area contributed by atoms with Crippen molar-refractivity contribution in [3.63, 3.8) is 0 Å². The van der Waals surface area contributed by atoms with Gasteiger partial charge in [0, 0.05) is 25.7 Å². The maximum atomic E-state index is 3.40. The maximum Gasteiger partial charge on any atom is 0.0345 e. The van der Waals surface area contributed by atoms with Gasteiger partial charge in [-0.15, -0.1) is 0 Å². The second-order valence-electron chi connectivity index (χ2n) is 5.94. The van der Waals surface area contributed by atoms with Crippen molar-refractivity contribution in [1.29, 1.82) is 0 Å². The van der Waals surface area contributed by atoms with Crippen LogP contribution in [0.15, 0.2) is 0 Å². The summed E-state index contributed by atoms with van der Waals surface area (Å²) < 4.78 is 0. The number of nitrogens with one attached hydrogen (secondary N) is 1. The minimum atomic E-state index is 0.845. The molecular weight excluding hydrogens is 196 g/mol. The van der Waals surface area contributed by atoms with E-state index in [4.69, 9.17) is 0 Å². The Balaban J connectivity index is 1.79. The van der Waals surface area contributed by atoms with E-state index in [9.17, 15) is 0 Å². The Bertz CT molecular complexity index is 201. The summed E-state index contributed by atoms with van der Waals surface area (Å²) in [4.78, 5) is 2.75. The van der Waals surface area contributed by atoms with Gasteiger partial charge in [0.1, 0.15) is 0 Å². The lowest BCUT2D eigenvalue weighted by Gasteiger charge is -2.41. The van der Waals surface area contributed by atoms with Gasteiger partial charge in [-0.25, -0.2) is 0 Å². The molecule has 16 heavy (non-hydrogen) atoms. The molecule has 1 heterocycles. The zero-order chi connectivity index (χ0) is 11.4. The fourth-order valence-electron chi connectivity index (χ4n) is 3.30. The third-order valence-electron chi connectivity index (χ3n) is 4.32. The topological polar surface area (TPSA) is 15.3 Å². The van der Waals surface area contributed by atoms with Crippen LogP contribution in [-0.2, 0) is 0 Å². The van der Waals surface area contributed by atoms with E-state index in [0.29, 0.717) is 0 Å². The number of nitrogens with zero attached hydrogens (tertiary/aromatic N) is 1. The van der Waals surface area contributed by atoms with Gasteiger partial charge in [0.25, 0.3) is 0 Å². The molecule has 0 aromatic heterocycles. The van der Waals surface area contributed by atoms with Gasteiger partial charge in [0.2, 0.25) is 0 Å². The molecule has 1 aliphatic heterocycles. The Morgan fingerprint density at radius 2 is 2.06 bits per heavy atom. The van der Waals surface area contributed by atoms with E-state index in [1.807, 2.05) is 0 Å². The zero-order valence-electron chi connectivity index (χ0n) is 11.0. The second-order valence-corrected chi connectivity index (χ2v) is 5.94. The minimum Gasteiger partial charge on any atom is -0.314 e. The predicted molar refractivity (Wildman–Crippen MR) is 69.6 cm³/mol. The molecule has 94 valence electrons. The average molecular weight is 224 g/mol. The Hall–Kier alpha value is -0.0800. The minimum absolute atomic E-state index is 0.845. The molecular formula is C14H28N2. The predicted octanol–water partition coefficient (Wildman–Crippen LogP) is 2.50. The molecule has 2 fully saturated rings. The van der Waals surface area contributed by atoms with Gasteiger partial charge in [-0.3, -0.25) is 4.90 Å². The van der Waals surface area contributed by atoms with Crippen LogP contribution < -0.4 is 5.32 Å². The zero-order valence-corrected chi connectivity index (χ0v) is 11.0. The number of hydrogen-bond acceptors (Lipinski definition) is 2. The highest BCUT2D eigenvalue weighted by atomic mass is 15.2. The van der Waals surface area contributed by atoms with Crippen LogP contribution in [0.4, 0.5) is 0 Å². The maximum absolute atomic E-state index is 3.40. The summed E-state index contributed by atoms with van der Waals surface area (Å²) in [5, 5.41) is 3.40. The molecule has 0 spiro atoms. The Morgan fingerprint density at radius 1 is 1.25 bits per heavy atom. The Labute approximate surface area is 101 Å². The van der Waals surface area contributed by atoms with Gasteiger partial charge in [-0.1, -0.05) is 26.7 Å². The summed E-state index contributed by atoms with van der Waals surface area (Å²) in [5.41, 5.74) is 0. The lowest BCUT2D eigenvalue weighted by molar-refractivity contribution is 0.105. The van der Waals surface area contributed by atoms with E-state index in [1.165, 1.54) is 58.3 Å². The van der Waals surface area contributed by atoms with Crippen LogP contribution in [0.5, 0.6) is 0 Å². The number of hydrogen-bond donors (Lipinski definition) is 1. The summed E-state index contributed by atoms with van der Waals surface area (Å²) >= 11 is 0. The van der Waals surface area contributed by atoms with Crippen LogP contribution in [-0.4, -0.2) is 37.1 Å². The third kappa shape index (κ3) is 3.21. The number of rotatable bonds is 5. The molecule has 2 unspecified atom stereocenters. The lowest BCUT2D eigenvalue weighted by Crippen LogP contribution is -2.58. The van der Waals surface area contributed by atoms with Gasteiger partial charge in [-0.05, 0) is 37.6 Å². The van der Waals surface area contributed by atoms with E-state index in [0.717, 1.165) is 17.9 Å². The molecule has 2 nitrogen and oxygen atoms in total. The van der Waals surface area contributed by atoms with Crippen molar-refractivity contribution in [2.45, 2.75) is 52.0 Å². The average Bonchev–Trinajstić information content (AvgIpc) is 2.15. The third-order valence-corrected chi connectivity index (χ3v) is 4.32. The van der Waals surface area contributed by atoms with Crippen LogP contribution in [0, 0.1) is 11.8 Å². The molecule has 0 aromatic carbocycles. The first-order valence-electron chi connectivity index (χ1n) is 7.24. The monoisotopic (exact) mass is 224 g/mol. The molecule has 1 saturated heterocycles. The first-order valence-corrected chi connectivity index (χ1v) is 7.24. The molecule has 0 amide bonds. The van der Waals surface area contributed by atoms with Crippen molar-refractivity contribution < 1.29 is 0 Å². The van der Waals surface area contributed by atoms with E-state index in [1.54, 1.807) is 0 Å². The Morgan fingerprint density at radius 3 is 2.62 bits per heavy atom. The van der Waals surface area contributed by atoms with Gasteiger partial charge in [0.15, 0.2) is 0 Å². The van der Waals surface area contributed by atoms with E-state index < -0.39 is 0 Å². The summed E-state index contributed by atoms with van der Waals surface area (Å²) in [6.45, 7) is 9.86. The fourth-order valence-corrected chi connectivity index (χ4v) is 3.30. The molecule has 2 atom stereocenters. The smallest absolute Gasteiger partial charge is 0.0345 e. The van der Waals surface area contributed by atoms with Gasteiger partial charge < -0.3 is 5.32 Å². The highest BCUT2D eigenvalue weighted by Crippen LogP contribution is 2.29. The van der Waals surface area contributed by atoms with Gasteiger partial charge >= 0.3 is 0 Å². The van der Waals surface area contributed by atoms with Crippen molar-refractivity contribution >= 4 is 0 Å². The molecule has 1 N–H and O–H groups in total. The second kappa shape index (κ2) is 6.02. The quantitative estimate of drug-likeness (QED) is 0.772. The summed E-state index contributed by atoms with van der Waals surface area (Å²) in [5.74, 6) is 1.96. The van der Waals surface area contributed by atoms with Crippen LogP contribution >= 0.6 is 0 Å². The largest absolute Gasteiger partial charge is 0.314 e. The lowest BCUT2D eigenvalue weighted by atomic mass is 9.82. The van der Waals surface area contributed by atoms with Crippen molar-refractivity contribution in [3.05, 3.63) is 0 Å². The molecule has 1 aliphatic carbocycles. The molecule has 2 heteroatoms. The van der Waals surface area contributed by atoms with Crippen LogP contribution in [0.2, 0.25) is 0 Å². The summed E-state index contributed by atoms with van der Waals surface area (Å²) in [6.07, 6.45) is 7.19.